The number of halogens is 1. The first-order chi connectivity index (χ1) is 17.2. The first-order valence-electron chi connectivity index (χ1n) is 12.4. The summed E-state index contributed by atoms with van der Waals surface area (Å²) in [5, 5.41) is 10.7. The van der Waals surface area contributed by atoms with Crippen LogP contribution >= 0.6 is 0 Å². The number of carbonyl (C=O) groups excluding carboxylic acids is 2. The van der Waals surface area contributed by atoms with Gasteiger partial charge in [0.15, 0.2) is 12.0 Å². The van der Waals surface area contributed by atoms with Gasteiger partial charge < -0.3 is 19.5 Å². The Labute approximate surface area is 215 Å². The van der Waals surface area contributed by atoms with Gasteiger partial charge >= 0.3 is 0 Å². The Morgan fingerprint density at radius 1 is 1.17 bits per heavy atom. The number of benzene rings is 1. The first kappa shape index (κ1) is 30.8. The first-order valence-corrected chi connectivity index (χ1v) is 12.4. The molecule has 0 saturated heterocycles. The number of allylic oxidation sites excluding steroid dienone is 3. The minimum atomic E-state index is -0.325. The summed E-state index contributed by atoms with van der Waals surface area (Å²) in [4.78, 5) is 28.6. The van der Waals surface area contributed by atoms with Crippen LogP contribution in [0.2, 0.25) is 0 Å². The minimum absolute atomic E-state index is 0.00120. The summed E-state index contributed by atoms with van der Waals surface area (Å²) in [5.74, 6) is -0.854. The van der Waals surface area contributed by atoms with Crippen molar-refractivity contribution < 1.29 is 19.1 Å². The monoisotopic (exact) mass is 499 g/mol. The predicted molar refractivity (Wildman–Crippen MR) is 145 cm³/mol. The molecule has 0 fully saturated rings. The van der Waals surface area contributed by atoms with Gasteiger partial charge in [0.2, 0.25) is 0 Å². The molecule has 1 amide bonds. The molecule has 0 radical (unpaired) electrons. The molecule has 1 aromatic carbocycles. The van der Waals surface area contributed by atoms with Crippen LogP contribution in [0, 0.1) is 5.82 Å². The quantitative estimate of drug-likeness (QED) is 0.356. The number of amides is 1. The molecule has 1 atom stereocenters. The highest BCUT2D eigenvalue weighted by Gasteiger charge is 2.35. The van der Waals surface area contributed by atoms with Gasteiger partial charge in [0.25, 0.3) is 5.91 Å². The minimum Gasteiger partial charge on any atom is -0.505 e. The summed E-state index contributed by atoms with van der Waals surface area (Å²) in [6, 6.07) is 6.03. The van der Waals surface area contributed by atoms with Gasteiger partial charge in [0.1, 0.15) is 17.1 Å². The third-order valence-electron chi connectivity index (χ3n) is 5.73. The molecule has 6 nitrogen and oxygen atoms in total. The number of nitrogens with zero attached hydrogens (tertiary/aromatic N) is 3. The van der Waals surface area contributed by atoms with Crippen LogP contribution < -0.4 is 0 Å². The summed E-state index contributed by atoms with van der Waals surface area (Å²) >= 11 is 0. The lowest BCUT2D eigenvalue weighted by atomic mass is 10.0. The molecule has 2 heterocycles. The van der Waals surface area contributed by atoms with Gasteiger partial charge in [-0.25, -0.2) is 4.39 Å². The number of likely N-dealkylation sites (N-methyl/N-ethyl adjacent to an activating group) is 1. The Kier molecular flexibility index (Phi) is 13.5. The number of rotatable bonds is 8. The van der Waals surface area contributed by atoms with Gasteiger partial charge in [-0.15, -0.1) is 6.58 Å². The normalized spacial score (nSPS) is 13.4. The fourth-order valence-electron chi connectivity index (χ4n) is 4.16. The molecule has 0 bridgehead atoms. The summed E-state index contributed by atoms with van der Waals surface area (Å²) < 4.78 is 15.0. The fourth-order valence-corrected chi connectivity index (χ4v) is 4.16. The van der Waals surface area contributed by atoms with Crippen molar-refractivity contribution in [3.05, 3.63) is 77.4 Å². The second-order valence-electron chi connectivity index (χ2n) is 8.93. The highest BCUT2D eigenvalue weighted by atomic mass is 19.1. The lowest BCUT2D eigenvalue weighted by Crippen LogP contribution is -2.38. The van der Waals surface area contributed by atoms with Crippen LogP contribution in [0.15, 0.2) is 49.1 Å². The van der Waals surface area contributed by atoms with E-state index in [0.717, 1.165) is 24.1 Å². The van der Waals surface area contributed by atoms with Crippen molar-refractivity contribution in [2.75, 3.05) is 27.2 Å². The number of aldehydes is 1. The molecule has 0 aliphatic carbocycles. The Morgan fingerprint density at radius 3 is 2.22 bits per heavy atom. The number of hydrogen-bond acceptors (Lipinski definition) is 4. The number of aromatic nitrogens is 1. The lowest BCUT2D eigenvalue weighted by molar-refractivity contribution is 0.0721. The van der Waals surface area contributed by atoms with Crippen molar-refractivity contribution in [1.29, 1.82) is 0 Å². The molecular formula is C29H42FN3O3. The maximum Gasteiger partial charge on any atom is 0.259 e. The Hall–Kier alpha value is -3.19. The molecule has 3 rings (SSSR count). The van der Waals surface area contributed by atoms with Crippen molar-refractivity contribution in [1.82, 2.24) is 14.4 Å². The number of hydrogen-bond donors (Lipinski definition) is 1. The fraction of sp³-hybridized carbons (Fsp3) is 0.448. The molecule has 1 aliphatic heterocycles. The molecule has 1 aromatic heterocycles. The predicted octanol–water partition coefficient (Wildman–Crippen LogP) is 6.02. The summed E-state index contributed by atoms with van der Waals surface area (Å²) in [5.41, 5.74) is 1.94. The molecule has 198 valence electrons. The smallest absolute Gasteiger partial charge is 0.259 e. The summed E-state index contributed by atoms with van der Waals surface area (Å²) in [7, 11) is 3.93. The van der Waals surface area contributed by atoms with E-state index in [-0.39, 0.29) is 34.8 Å². The van der Waals surface area contributed by atoms with E-state index < -0.39 is 0 Å². The highest BCUT2D eigenvalue weighted by molar-refractivity contribution is 6.02. The van der Waals surface area contributed by atoms with E-state index in [1.165, 1.54) is 12.1 Å². The molecule has 0 saturated carbocycles. The zero-order chi connectivity index (χ0) is 27.3. The molecule has 2 aromatic rings. The lowest BCUT2D eigenvalue weighted by Gasteiger charge is -2.30. The van der Waals surface area contributed by atoms with Crippen LogP contribution in [0.25, 0.3) is 0 Å². The van der Waals surface area contributed by atoms with E-state index in [9.17, 15) is 19.1 Å². The van der Waals surface area contributed by atoms with E-state index >= 15 is 0 Å². The van der Waals surface area contributed by atoms with E-state index in [1.807, 2.05) is 56.5 Å². The van der Waals surface area contributed by atoms with Gasteiger partial charge in [-0.3, -0.25) is 9.59 Å². The van der Waals surface area contributed by atoms with Crippen molar-refractivity contribution >= 4 is 12.2 Å². The Morgan fingerprint density at radius 2 is 1.75 bits per heavy atom. The van der Waals surface area contributed by atoms with Crippen molar-refractivity contribution in [2.24, 2.45) is 0 Å². The van der Waals surface area contributed by atoms with Crippen LogP contribution in [-0.2, 0) is 13.0 Å². The largest absolute Gasteiger partial charge is 0.505 e. The van der Waals surface area contributed by atoms with E-state index in [1.54, 1.807) is 23.1 Å². The topological polar surface area (TPSA) is 65.8 Å². The number of fused-ring (bicyclic) bond motifs is 1. The zero-order valence-electron chi connectivity index (χ0n) is 22.6. The van der Waals surface area contributed by atoms with Crippen LogP contribution in [0.5, 0.6) is 5.75 Å². The van der Waals surface area contributed by atoms with Gasteiger partial charge in [-0.2, -0.15) is 0 Å². The molecular weight excluding hydrogens is 457 g/mol. The molecule has 36 heavy (non-hydrogen) atoms. The molecule has 0 spiro atoms. The molecule has 1 aliphatic rings. The maximum atomic E-state index is 13.2. The Bertz CT molecular complexity index is 1010. The van der Waals surface area contributed by atoms with E-state index in [0.29, 0.717) is 32.3 Å². The van der Waals surface area contributed by atoms with E-state index in [2.05, 4.69) is 13.5 Å². The van der Waals surface area contributed by atoms with Crippen molar-refractivity contribution in [3.63, 3.8) is 0 Å². The summed E-state index contributed by atoms with van der Waals surface area (Å²) in [6.07, 6.45) is 8.71. The van der Waals surface area contributed by atoms with E-state index in [4.69, 9.17) is 0 Å². The Balaban J connectivity index is 0.000000825. The van der Waals surface area contributed by atoms with Gasteiger partial charge in [0.05, 0.1) is 0 Å². The SMILES string of the molecule is C/C=C\C.C=CC.CCCC(CN(C)C)n1c(C=O)c(O)c2c1CCN(Cc1ccc(F)cc1)C2=O. The van der Waals surface area contributed by atoms with Gasteiger partial charge in [-0.1, -0.05) is 43.7 Å². The molecule has 1 N–H and O–H groups in total. The molecule has 7 heteroatoms. The molecule has 1 unspecified atom stereocenters. The number of carbonyl (C=O) groups is 2. The second-order valence-corrected chi connectivity index (χ2v) is 8.93. The number of aromatic hydroxyl groups is 1. The third kappa shape index (κ3) is 8.19. The highest BCUT2D eigenvalue weighted by Crippen LogP contribution is 2.37. The van der Waals surface area contributed by atoms with Gasteiger partial charge in [0, 0.05) is 37.8 Å². The average molecular weight is 500 g/mol. The zero-order valence-corrected chi connectivity index (χ0v) is 22.6. The second kappa shape index (κ2) is 15.7. The maximum absolute atomic E-state index is 13.2. The van der Waals surface area contributed by atoms with Crippen LogP contribution in [0.4, 0.5) is 4.39 Å². The van der Waals surface area contributed by atoms with Crippen LogP contribution in [0.3, 0.4) is 0 Å². The van der Waals surface area contributed by atoms with Crippen molar-refractivity contribution in [2.45, 2.75) is 59.5 Å². The third-order valence-corrected chi connectivity index (χ3v) is 5.73. The van der Waals surface area contributed by atoms with Gasteiger partial charge in [-0.05, 0) is 59.0 Å². The van der Waals surface area contributed by atoms with Crippen LogP contribution in [-0.4, -0.2) is 58.9 Å². The standard InChI is InChI=1S/C22H28FN3O3.C4H8.C3H6/c1-4-5-17(13-24(2)3)26-18-10-11-25(12-15-6-8-16(23)9-7-15)22(29)20(18)21(28)19(26)14-27;1-3-4-2;1-3-2/h6-9,14,17,28H,4-5,10-13H2,1-3H3;3-4H,1-2H3;3H,1H2,2H3/b;4-3-;. The summed E-state index contributed by atoms with van der Waals surface area (Å²) in [6.45, 7) is 12.8. The average Bonchev–Trinajstić information content (AvgIpc) is 3.14. The van der Waals surface area contributed by atoms with Crippen molar-refractivity contribution in [3.8, 4) is 5.75 Å². The van der Waals surface area contributed by atoms with Crippen LogP contribution in [0.1, 0.15) is 78.7 Å².